The molecule has 7 heavy (non-hydrogen) atoms. The summed E-state index contributed by atoms with van der Waals surface area (Å²) in [5.74, 6) is 0. The lowest BCUT2D eigenvalue weighted by Crippen LogP contribution is -2.32. The average molecular weight is 102 g/mol. The third kappa shape index (κ3) is 0.991. The van der Waals surface area contributed by atoms with Crippen LogP contribution in [0.25, 0.3) is 0 Å². The molecule has 1 heterocycles. The van der Waals surface area contributed by atoms with Crippen LogP contribution in [0.1, 0.15) is 6.42 Å². The van der Waals surface area contributed by atoms with Crippen LogP contribution in [0.4, 0.5) is 0 Å². The molecule has 0 bridgehead atoms. The maximum Gasteiger partial charge on any atom is 0.159 e. The maximum atomic E-state index is 8.60. The lowest BCUT2D eigenvalue weighted by atomic mass is 10.5. The van der Waals surface area contributed by atoms with Crippen LogP contribution in [0.5, 0.6) is 0 Å². The number of hydroxylamine groups is 4. The minimum Gasteiger partial charge on any atom is -0.177 e. The van der Waals surface area contributed by atoms with E-state index in [1.807, 2.05) is 0 Å². The van der Waals surface area contributed by atoms with E-state index in [9.17, 15) is 0 Å². The van der Waals surface area contributed by atoms with Gasteiger partial charge < -0.3 is 0 Å². The van der Waals surface area contributed by atoms with Gasteiger partial charge >= 0.3 is 0 Å². The summed E-state index contributed by atoms with van der Waals surface area (Å²) >= 11 is 0. The van der Waals surface area contributed by atoms with Crippen molar-refractivity contribution in [1.29, 1.82) is 0 Å². The standard InChI is InChI=1S/C4H8NO2/c6-5(7)3-1-2-4-5/h1,3,6-7H,2,4H2/q+1. The monoisotopic (exact) mass is 102 g/mol. The van der Waals surface area contributed by atoms with E-state index in [1.54, 1.807) is 6.08 Å². The van der Waals surface area contributed by atoms with Crippen LogP contribution in [-0.4, -0.2) is 21.8 Å². The van der Waals surface area contributed by atoms with Crippen molar-refractivity contribution in [2.45, 2.75) is 6.42 Å². The molecule has 0 spiro atoms. The normalized spacial score (nSPS) is 26.0. The van der Waals surface area contributed by atoms with Crippen molar-refractivity contribution in [1.82, 2.24) is 0 Å². The van der Waals surface area contributed by atoms with Gasteiger partial charge in [-0.1, -0.05) is 0 Å². The molecule has 0 atom stereocenters. The summed E-state index contributed by atoms with van der Waals surface area (Å²) in [5.41, 5.74) is 0. The van der Waals surface area contributed by atoms with Crippen molar-refractivity contribution < 1.29 is 15.2 Å². The Bertz CT molecular complexity index is 97.9. The summed E-state index contributed by atoms with van der Waals surface area (Å²) in [6.45, 7) is 0.389. The number of hydrogen-bond acceptors (Lipinski definition) is 2. The van der Waals surface area contributed by atoms with Gasteiger partial charge in [0.15, 0.2) is 12.7 Å². The van der Waals surface area contributed by atoms with E-state index in [1.165, 1.54) is 6.20 Å². The first-order chi connectivity index (χ1) is 3.21. The maximum absolute atomic E-state index is 8.60. The first-order valence-electron chi connectivity index (χ1n) is 2.22. The van der Waals surface area contributed by atoms with E-state index in [-0.39, 0.29) is 0 Å². The van der Waals surface area contributed by atoms with Gasteiger partial charge in [0.2, 0.25) is 0 Å². The van der Waals surface area contributed by atoms with Crippen molar-refractivity contribution in [3.05, 3.63) is 12.3 Å². The Morgan fingerprint density at radius 3 is 2.29 bits per heavy atom. The highest BCUT2D eigenvalue weighted by molar-refractivity contribution is 4.76. The molecule has 2 N–H and O–H groups in total. The summed E-state index contributed by atoms with van der Waals surface area (Å²) in [6.07, 6.45) is 3.84. The Morgan fingerprint density at radius 2 is 2.14 bits per heavy atom. The second-order valence-electron chi connectivity index (χ2n) is 1.68. The third-order valence-electron chi connectivity index (χ3n) is 0.969. The van der Waals surface area contributed by atoms with Crippen LogP contribution in [0.3, 0.4) is 0 Å². The van der Waals surface area contributed by atoms with Crippen molar-refractivity contribution in [2.75, 3.05) is 6.54 Å². The molecule has 0 aromatic rings. The van der Waals surface area contributed by atoms with E-state index in [2.05, 4.69) is 0 Å². The molecule has 0 saturated heterocycles. The lowest BCUT2D eigenvalue weighted by Gasteiger charge is -2.08. The van der Waals surface area contributed by atoms with Crippen LogP contribution >= 0.6 is 0 Å². The highest BCUT2D eigenvalue weighted by Crippen LogP contribution is 2.07. The second-order valence-corrected chi connectivity index (χ2v) is 1.68. The van der Waals surface area contributed by atoms with E-state index in [4.69, 9.17) is 10.4 Å². The molecular weight excluding hydrogens is 94.0 g/mol. The fourth-order valence-corrected chi connectivity index (χ4v) is 0.582. The smallest absolute Gasteiger partial charge is 0.159 e. The summed E-state index contributed by atoms with van der Waals surface area (Å²) < 4.78 is 0. The molecule has 0 fully saturated rings. The molecule has 0 aromatic heterocycles. The van der Waals surface area contributed by atoms with Gasteiger partial charge in [-0.15, -0.1) is 0 Å². The summed E-state index contributed by atoms with van der Waals surface area (Å²) in [7, 11) is 0. The summed E-state index contributed by atoms with van der Waals surface area (Å²) in [5, 5.41) is 17.2. The third-order valence-corrected chi connectivity index (χ3v) is 0.969. The molecule has 0 radical (unpaired) electrons. The predicted octanol–water partition coefficient (Wildman–Crippen LogP) is 0.499. The number of hydrogen-bond donors (Lipinski definition) is 2. The summed E-state index contributed by atoms with van der Waals surface area (Å²) in [4.78, 5) is -0.931. The quantitative estimate of drug-likeness (QED) is 0.437. The SMILES string of the molecule is O[N+]1(O)C=CCC1. The lowest BCUT2D eigenvalue weighted by molar-refractivity contribution is -1.21. The average Bonchev–Trinajstić information content (AvgIpc) is 1.84. The van der Waals surface area contributed by atoms with Gasteiger partial charge in [-0.05, 0) is 10.9 Å². The van der Waals surface area contributed by atoms with Gasteiger partial charge in [0.05, 0.1) is 0 Å². The molecule has 3 nitrogen and oxygen atoms in total. The largest absolute Gasteiger partial charge is 0.177 e. The first-order valence-corrected chi connectivity index (χ1v) is 2.22. The zero-order valence-electron chi connectivity index (χ0n) is 3.91. The van der Waals surface area contributed by atoms with Gasteiger partial charge in [-0.3, -0.25) is 0 Å². The van der Waals surface area contributed by atoms with Crippen LogP contribution in [0, 0.1) is 0 Å². The topological polar surface area (TPSA) is 40.5 Å². The van der Waals surface area contributed by atoms with Crippen molar-refractivity contribution in [2.24, 2.45) is 0 Å². The van der Waals surface area contributed by atoms with Crippen LogP contribution in [-0.2, 0) is 0 Å². The highest BCUT2D eigenvalue weighted by atomic mass is 16.8. The van der Waals surface area contributed by atoms with Gasteiger partial charge in [0.1, 0.15) is 0 Å². The molecular formula is C4H8NO2+. The van der Waals surface area contributed by atoms with E-state index < -0.39 is 4.81 Å². The predicted molar refractivity (Wildman–Crippen MR) is 22.5 cm³/mol. The molecule has 1 rings (SSSR count). The van der Waals surface area contributed by atoms with Crippen molar-refractivity contribution in [3.63, 3.8) is 0 Å². The Morgan fingerprint density at radius 1 is 1.43 bits per heavy atom. The van der Waals surface area contributed by atoms with Crippen molar-refractivity contribution >= 4 is 0 Å². The number of rotatable bonds is 0. The van der Waals surface area contributed by atoms with E-state index >= 15 is 0 Å². The first kappa shape index (κ1) is 4.77. The van der Waals surface area contributed by atoms with Gasteiger partial charge in [-0.25, -0.2) is 0 Å². The van der Waals surface area contributed by atoms with Gasteiger partial charge in [-0.2, -0.15) is 10.4 Å². The Hall–Kier alpha value is -0.380. The molecule has 0 saturated carbocycles. The molecule has 40 valence electrons. The summed E-state index contributed by atoms with van der Waals surface area (Å²) in [6, 6.07) is 0. The molecule has 1 aliphatic rings. The minimum absolute atomic E-state index is 0.389. The van der Waals surface area contributed by atoms with Gasteiger partial charge in [0.25, 0.3) is 0 Å². The van der Waals surface area contributed by atoms with Gasteiger partial charge in [0, 0.05) is 6.42 Å². The van der Waals surface area contributed by atoms with Crippen LogP contribution < -0.4 is 0 Å². The molecule has 0 aromatic carbocycles. The molecule has 1 aliphatic heterocycles. The van der Waals surface area contributed by atoms with E-state index in [0.29, 0.717) is 6.54 Å². The second kappa shape index (κ2) is 1.30. The number of nitrogens with zero attached hydrogens (tertiary/aromatic N) is 1. The molecule has 0 aliphatic carbocycles. The highest BCUT2D eigenvalue weighted by Gasteiger charge is 2.21. The van der Waals surface area contributed by atoms with Crippen molar-refractivity contribution in [3.8, 4) is 0 Å². The molecule has 0 amide bonds. The minimum atomic E-state index is -0.931. The fraction of sp³-hybridized carbons (Fsp3) is 0.500. The van der Waals surface area contributed by atoms with Crippen LogP contribution in [0.15, 0.2) is 12.3 Å². The zero-order valence-corrected chi connectivity index (χ0v) is 3.91. The zero-order chi connectivity index (χ0) is 5.33. The fourth-order valence-electron chi connectivity index (χ4n) is 0.582. The molecule has 3 heteroatoms. The van der Waals surface area contributed by atoms with E-state index in [0.717, 1.165) is 6.42 Å². The Balaban J connectivity index is 2.57. The Kier molecular flexibility index (Phi) is 0.883. The Labute approximate surface area is 41.6 Å². The van der Waals surface area contributed by atoms with Crippen LogP contribution in [0.2, 0.25) is 0 Å². The number of quaternary nitrogens is 1. The molecule has 0 unspecified atom stereocenters.